The summed E-state index contributed by atoms with van der Waals surface area (Å²) in [5, 5.41) is 0.178. The number of aromatic nitrogens is 2. The van der Waals surface area contributed by atoms with Gasteiger partial charge in [0.25, 0.3) is 5.92 Å². The summed E-state index contributed by atoms with van der Waals surface area (Å²) < 4.78 is 49.2. The Morgan fingerprint density at radius 2 is 1.64 bits per heavy atom. The van der Waals surface area contributed by atoms with Crippen molar-refractivity contribution in [2.75, 3.05) is 0 Å². The second-order valence-corrected chi connectivity index (χ2v) is 16.5. The first kappa shape index (κ1) is 42.3. The Kier molecular flexibility index (Phi) is 16.1. The number of halogens is 3. The van der Waals surface area contributed by atoms with Gasteiger partial charge in [-0.2, -0.15) is 0 Å². The van der Waals surface area contributed by atoms with Gasteiger partial charge in [-0.25, -0.2) is 23.1 Å². The highest BCUT2D eigenvalue weighted by Gasteiger charge is 2.48. The highest BCUT2D eigenvalue weighted by atomic mass is 32.2. The van der Waals surface area contributed by atoms with Crippen LogP contribution in [0.4, 0.5) is 13.2 Å². The summed E-state index contributed by atoms with van der Waals surface area (Å²) in [6.07, 6.45) is 14.9. The molecule has 2 aromatic rings. The van der Waals surface area contributed by atoms with Gasteiger partial charge in [0.05, 0.1) is 5.56 Å². The van der Waals surface area contributed by atoms with Crippen LogP contribution in [-0.2, 0) is 5.92 Å². The van der Waals surface area contributed by atoms with E-state index in [0.29, 0.717) is 23.9 Å². The SMILES string of the molecule is C=C(C)/C(=C\c1c(C)ncnc1S[C@H](C)c1cccc(C(F)(F)C2CC(C)N(C(C)CCCCCCC)C(C)C2)c1F)C(N)(CCC)CCC. The first-order chi connectivity index (χ1) is 23.6. The molecule has 50 heavy (non-hydrogen) atoms. The first-order valence-electron chi connectivity index (χ1n) is 19.2. The topological polar surface area (TPSA) is 55.0 Å². The molecular weight excluding hydrogens is 650 g/mol. The number of rotatable bonds is 19. The largest absolute Gasteiger partial charge is 0.321 e. The maximum Gasteiger partial charge on any atom is 0.278 e. The Bertz CT molecular complexity index is 1410. The van der Waals surface area contributed by atoms with Gasteiger partial charge in [0.2, 0.25) is 0 Å². The lowest BCUT2D eigenvalue weighted by Gasteiger charge is -2.47. The molecular formula is C42H65F3N4S. The van der Waals surface area contributed by atoms with Gasteiger partial charge in [0, 0.05) is 51.7 Å². The van der Waals surface area contributed by atoms with Gasteiger partial charge in [-0.15, -0.1) is 0 Å². The number of thioether (sulfide) groups is 1. The highest BCUT2D eigenvalue weighted by Crippen LogP contribution is 2.48. The molecule has 0 spiro atoms. The molecule has 8 heteroatoms. The van der Waals surface area contributed by atoms with E-state index in [2.05, 4.69) is 63.0 Å². The molecule has 3 rings (SSSR count). The Morgan fingerprint density at radius 3 is 2.22 bits per heavy atom. The lowest BCUT2D eigenvalue weighted by Crippen LogP contribution is -2.53. The molecule has 0 saturated carbocycles. The molecule has 0 radical (unpaired) electrons. The summed E-state index contributed by atoms with van der Waals surface area (Å²) in [7, 11) is 0. The molecule has 1 saturated heterocycles. The lowest BCUT2D eigenvalue weighted by atomic mass is 9.78. The third kappa shape index (κ3) is 10.2. The average molecular weight is 715 g/mol. The van der Waals surface area contributed by atoms with Crippen molar-refractivity contribution >= 4 is 17.8 Å². The summed E-state index contributed by atoms with van der Waals surface area (Å²) in [6, 6.07) is 4.81. The van der Waals surface area contributed by atoms with Crippen LogP contribution in [0.15, 0.2) is 47.3 Å². The molecule has 4 atom stereocenters. The van der Waals surface area contributed by atoms with Crippen LogP contribution < -0.4 is 5.73 Å². The first-order valence-corrected chi connectivity index (χ1v) is 20.1. The molecule has 0 bridgehead atoms. The zero-order chi connectivity index (χ0) is 37.2. The molecule has 1 aliphatic heterocycles. The van der Waals surface area contributed by atoms with E-state index in [0.717, 1.165) is 60.9 Å². The molecule has 1 fully saturated rings. The third-order valence-electron chi connectivity index (χ3n) is 10.9. The molecule has 0 aliphatic carbocycles. The molecule has 2 N–H and O–H groups in total. The number of hydrogen-bond acceptors (Lipinski definition) is 5. The minimum Gasteiger partial charge on any atom is -0.321 e. The van der Waals surface area contributed by atoms with Crippen molar-refractivity contribution < 1.29 is 13.2 Å². The summed E-state index contributed by atoms with van der Waals surface area (Å²) in [5.74, 6) is -5.04. The van der Waals surface area contributed by atoms with E-state index in [9.17, 15) is 0 Å². The number of unbranched alkanes of at least 4 members (excludes halogenated alkanes) is 4. The van der Waals surface area contributed by atoms with E-state index in [-0.39, 0.29) is 17.6 Å². The summed E-state index contributed by atoms with van der Waals surface area (Å²) in [4.78, 5) is 11.5. The predicted molar refractivity (Wildman–Crippen MR) is 207 cm³/mol. The number of alkyl halides is 2. The van der Waals surface area contributed by atoms with Gasteiger partial charge in [-0.05, 0) is 85.3 Å². The number of hydrogen-bond donors (Lipinski definition) is 1. The van der Waals surface area contributed by atoms with Crippen molar-refractivity contribution in [2.45, 2.75) is 179 Å². The zero-order valence-electron chi connectivity index (χ0n) is 32.4. The molecule has 1 aromatic heterocycles. The average Bonchev–Trinajstić information content (AvgIpc) is 3.04. The van der Waals surface area contributed by atoms with E-state index >= 15 is 13.2 Å². The van der Waals surface area contributed by atoms with Crippen molar-refractivity contribution in [3.8, 4) is 0 Å². The second-order valence-electron chi connectivity index (χ2n) is 15.1. The smallest absolute Gasteiger partial charge is 0.278 e. The zero-order valence-corrected chi connectivity index (χ0v) is 33.2. The van der Waals surface area contributed by atoms with Gasteiger partial charge in [0.1, 0.15) is 17.2 Å². The second kappa shape index (κ2) is 19.1. The summed E-state index contributed by atoms with van der Waals surface area (Å²) in [6.45, 7) is 22.8. The van der Waals surface area contributed by atoms with E-state index in [4.69, 9.17) is 5.73 Å². The molecule has 1 aromatic carbocycles. The molecule has 3 unspecified atom stereocenters. The van der Waals surface area contributed by atoms with Crippen LogP contribution >= 0.6 is 11.8 Å². The summed E-state index contributed by atoms with van der Waals surface area (Å²) in [5.41, 5.74) is 9.63. The van der Waals surface area contributed by atoms with E-state index < -0.39 is 34.0 Å². The van der Waals surface area contributed by atoms with Gasteiger partial charge in [0.15, 0.2) is 0 Å². The van der Waals surface area contributed by atoms with Crippen molar-refractivity contribution in [3.63, 3.8) is 0 Å². The van der Waals surface area contributed by atoms with Crippen molar-refractivity contribution in [1.82, 2.24) is 14.9 Å². The fraction of sp³-hybridized carbons (Fsp3) is 0.667. The Balaban J connectivity index is 1.87. The van der Waals surface area contributed by atoms with Gasteiger partial charge in [-0.3, -0.25) is 4.90 Å². The number of nitrogens with zero attached hydrogens (tertiary/aromatic N) is 3. The van der Waals surface area contributed by atoms with E-state index in [1.165, 1.54) is 49.8 Å². The van der Waals surface area contributed by atoms with Crippen molar-refractivity contribution in [1.29, 1.82) is 0 Å². The van der Waals surface area contributed by atoms with Gasteiger partial charge >= 0.3 is 0 Å². The number of likely N-dealkylation sites (tertiary alicyclic amines) is 1. The van der Waals surface area contributed by atoms with E-state index in [1.807, 2.05) is 26.8 Å². The fourth-order valence-electron chi connectivity index (χ4n) is 8.37. The number of aryl methyl sites for hydroxylation is 1. The fourth-order valence-corrected chi connectivity index (χ4v) is 9.46. The summed E-state index contributed by atoms with van der Waals surface area (Å²) >= 11 is 1.35. The normalized spacial score (nSPS) is 20.6. The highest BCUT2D eigenvalue weighted by molar-refractivity contribution is 7.99. The Hall–Kier alpha value is -2.16. The van der Waals surface area contributed by atoms with Crippen molar-refractivity contribution in [2.24, 2.45) is 11.7 Å². The molecule has 1 aliphatic rings. The predicted octanol–water partition coefficient (Wildman–Crippen LogP) is 12.4. The monoisotopic (exact) mass is 714 g/mol. The maximum absolute atomic E-state index is 16.4. The van der Waals surface area contributed by atoms with Gasteiger partial charge in [-0.1, -0.05) is 108 Å². The minimum atomic E-state index is -3.29. The molecule has 280 valence electrons. The standard InChI is InChI=1S/C42H65F3N4S/c1-11-14-15-16-17-19-29(6)49-30(7)24-34(25-31(49)8)42(44,45)37-21-18-20-35(39(37)43)33(10)50-40-36(32(9)47-27-48-40)26-38(28(4)5)41(46,22-12-2)23-13-3/h18,20-21,26-27,29-31,33-34H,4,11-17,19,22-25,46H2,1-3,5-10H3/b38-26+/t29?,30?,31?,33-,34?/m1/s1. The Morgan fingerprint density at radius 1 is 1.02 bits per heavy atom. The van der Waals surface area contributed by atoms with Crippen LogP contribution in [0.5, 0.6) is 0 Å². The quantitative estimate of drug-likeness (QED) is 0.0679. The van der Waals surface area contributed by atoms with E-state index in [1.54, 1.807) is 12.1 Å². The number of benzene rings is 1. The third-order valence-corrected chi connectivity index (χ3v) is 12.0. The van der Waals surface area contributed by atoms with Crippen LogP contribution in [0.25, 0.3) is 6.08 Å². The molecule has 4 nitrogen and oxygen atoms in total. The minimum absolute atomic E-state index is 0.000488. The van der Waals surface area contributed by atoms with Crippen LogP contribution in [0.1, 0.15) is 160 Å². The maximum atomic E-state index is 16.4. The van der Waals surface area contributed by atoms with Crippen LogP contribution in [0.2, 0.25) is 0 Å². The lowest BCUT2D eigenvalue weighted by molar-refractivity contribution is -0.112. The Labute approximate surface area is 306 Å². The van der Waals surface area contributed by atoms with Crippen LogP contribution in [-0.4, -0.2) is 38.5 Å². The van der Waals surface area contributed by atoms with Crippen molar-refractivity contribution in [3.05, 3.63) is 70.5 Å². The van der Waals surface area contributed by atoms with Crippen LogP contribution in [0, 0.1) is 18.7 Å². The van der Waals surface area contributed by atoms with Gasteiger partial charge < -0.3 is 5.73 Å². The molecule has 2 heterocycles. The number of piperidine rings is 1. The molecule has 0 amide bonds. The van der Waals surface area contributed by atoms with Crippen LogP contribution in [0.3, 0.4) is 0 Å². The number of nitrogens with two attached hydrogens (primary N) is 1.